The molecule has 0 bridgehead atoms. The van der Waals surface area contributed by atoms with Crippen LogP contribution in [0, 0.1) is 5.92 Å². The molecule has 17 heavy (non-hydrogen) atoms. The van der Waals surface area contributed by atoms with E-state index in [1.165, 1.54) is 0 Å². The third-order valence-electron chi connectivity index (χ3n) is 2.05. The highest BCUT2D eigenvalue weighted by Gasteiger charge is 2.10. The molecular weight excluding hydrogens is 212 g/mol. The summed E-state index contributed by atoms with van der Waals surface area (Å²) in [7, 11) is 3.47. The number of hydrogen-bond acceptors (Lipinski definition) is 2. The van der Waals surface area contributed by atoms with Gasteiger partial charge in [0.15, 0.2) is 0 Å². The smallest absolute Gasteiger partial charge is 0.271 e. The predicted octanol–water partition coefficient (Wildman–Crippen LogP) is 3.01. The lowest BCUT2D eigenvalue weighted by Gasteiger charge is -2.10. The summed E-state index contributed by atoms with van der Waals surface area (Å²) in [5.41, 5.74) is 1.51. The van der Waals surface area contributed by atoms with Crippen molar-refractivity contribution in [3.05, 3.63) is 29.6 Å². The van der Waals surface area contributed by atoms with Crippen LogP contribution in [0.2, 0.25) is 0 Å². The molecule has 0 saturated heterocycles. The first kappa shape index (κ1) is 15.6. The first-order valence-corrected chi connectivity index (χ1v) is 6.18. The van der Waals surface area contributed by atoms with Gasteiger partial charge in [0.2, 0.25) is 0 Å². The van der Waals surface area contributed by atoms with Gasteiger partial charge in [-0.2, -0.15) is 0 Å². The normalized spacial score (nSPS) is 9.59. The SMILES string of the molecule is CC.CC(C)Cc1cccc(C(=O)N(C)C)n1. The fourth-order valence-corrected chi connectivity index (χ4v) is 1.36. The van der Waals surface area contributed by atoms with Crippen molar-refractivity contribution < 1.29 is 4.79 Å². The average molecular weight is 236 g/mol. The standard InChI is InChI=1S/C12H18N2O.C2H6/c1-9(2)8-10-6-5-7-11(13-10)12(15)14(3)4;1-2/h5-7,9H,8H2,1-4H3;1-2H3. The van der Waals surface area contributed by atoms with E-state index >= 15 is 0 Å². The van der Waals surface area contributed by atoms with Crippen molar-refractivity contribution in [2.24, 2.45) is 5.92 Å². The minimum absolute atomic E-state index is 0.0411. The van der Waals surface area contributed by atoms with Crippen LogP contribution in [0.1, 0.15) is 43.9 Å². The van der Waals surface area contributed by atoms with Crippen molar-refractivity contribution in [2.45, 2.75) is 34.1 Å². The molecule has 0 N–H and O–H groups in total. The van der Waals surface area contributed by atoms with Crippen molar-refractivity contribution in [1.29, 1.82) is 0 Å². The molecule has 1 amide bonds. The summed E-state index contributed by atoms with van der Waals surface area (Å²) in [5, 5.41) is 0. The molecule has 3 heteroatoms. The zero-order chi connectivity index (χ0) is 13.4. The Morgan fingerprint density at radius 2 is 1.88 bits per heavy atom. The molecule has 1 heterocycles. The fraction of sp³-hybridized carbons (Fsp3) is 0.571. The van der Waals surface area contributed by atoms with Crippen LogP contribution < -0.4 is 0 Å². The Balaban J connectivity index is 0.00000121. The van der Waals surface area contributed by atoms with Gasteiger partial charge in [-0.3, -0.25) is 4.79 Å². The zero-order valence-electron chi connectivity index (χ0n) is 11.8. The zero-order valence-corrected chi connectivity index (χ0v) is 11.8. The Hall–Kier alpha value is -1.38. The Labute approximate surface area is 105 Å². The van der Waals surface area contributed by atoms with E-state index in [-0.39, 0.29) is 5.91 Å². The molecule has 1 rings (SSSR count). The molecule has 0 fully saturated rings. The van der Waals surface area contributed by atoms with Gasteiger partial charge in [0, 0.05) is 19.8 Å². The molecule has 96 valence electrons. The number of carbonyl (C=O) groups is 1. The van der Waals surface area contributed by atoms with Crippen LogP contribution in [-0.2, 0) is 6.42 Å². The third kappa shape index (κ3) is 5.48. The molecule has 0 atom stereocenters. The van der Waals surface area contributed by atoms with Crippen LogP contribution in [0.3, 0.4) is 0 Å². The van der Waals surface area contributed by atoms with Crippen LogP contribution in [0.15, 0.2) is 18.2 Å². The average Bonchev–Trinajstić information content (AvgIpc) is 2.30. The molecule has 1 aromatic heterocycles. The van der Waals surface area contributed by atoms with Gasteiger partial charge in [0.1, 0.15) is 5.69 Å². The minimum Gasteiger partial charge on any atom is -0.343 e. The van der Waals surface area contributed by atoms with Crippen molar-refractivity contribution in [2.75, 3.05) is 14.1 Å². The number of rotatable bonds is 3. The summed E-state index contributed by atoms with van der Waals surface area (Å²) >= 11 is 0. The predicted molar refractivity (Wildman–Crippen MR) is 72.1 cm³/mol. The van der Waals surface area contributed by atoms with Crippen molar-refractivity contribution in [1.82, 2.24) is 9.88 Å². The molecular formula is C14H24N2O. The molecule has 0 saturated carbocycles. The van der Waals surface area contributed by atoms with E-state index in [9.17, 15) is 4.79 Å². The number of amides is 1. The van der Waals surface area contributed by atoms with Gasteiger partial charge in [-0.25, -0.2) is 4.98 Å². The Morgan fingerprint density at radius 3 is 2.35 bits per heavy atom. The summed E-state index contributed by atoms with van der Waals surface area (Å²) in [6.45, 7) is 8.28. The highest BCUT2D eigenvalue weighted by Crippen LogP contribution is 2.07. The number of hydrogen-bond donors (Lipinski definition) is 0. The van der Waals surface area contributed by atoms with Gasteiger partial charge in [-0.05, 0) is 24.5 Å². The summed E-state index contributed by atoms with van der Waals surface area (Å²) in [6.07, 6.45) is 0.911. The van der Waals surface area contributed by atoms with E-state index in [1.54, 1.807) is 25.1 Å². The van der Waals surface area contributed by atoms with Crippen LogP contribution in [0.4, 0.5) is 0 Å². The van der Waals surface area contributed by atoms with E-state index in [4.69, 9.17) is 0 Å². The Morgan fingerprint density at radius 1 is 1.29 bits per heavy atom. The van der Waals surface area contributed by atoms with E-state index in [1.807, 2.05) is 26.0 Å². The third-order valence-corrected chi connectivity index (χ3v) is 2.05. The first-order chi connectivity index (χ1) is 8.00. The van der Waals surface area contributed by atoms with Gasteiger partial charge in [-0.1, -0.05) is 33.8 Å². The fourth-order valence-electron chi connectivity index (χ4n) is 1.36. The van der Waals surface area contributed by atoms with E-state index in [0.717, 1.165) is 12.1 Å². The molecule has 0 aliphatic carbocycles. The van der Waals surface area contributed by atoms with Gasteiger partial charge >= 0.3 is 0 Å². The minimum atomic E-state index is -0.0411. The second kappa shape index (κ2) is 7.82. The number of nitrogens with zero attached hydrogens (tertiary/aromatic N) is 2. The summed E-state index contributed by atoms with van der Waals surface area (Å²) in [5.74, 6) is 0.516. The monoisotopic (exact) mass is 236 g/mol. The number of carbonyl (C=O) groups excluding carboxylic acids is 1. The molecule has 0 aromatic carbocycles. The molecule has 0 aliphatic heterocycles. The Kier molecular flexibility index (Phi) is 7.19. The van der Waals surface area contributed by atoms with E-state index in [0.29, 0.717) is 11.6 Å². The molecule has 0 radical (unpaired) electrons. The molecule has 0 aliphatic rings. The summed E-state index contributed by atoms with van der Waals surface area (Å²) < 4.78 is 0. The van der Waals surface area contributed by atoms with Gasteiger partial charge in [0.25, 0.3) is 5.91 Å². The van der Waals surface area contributed by atoms with Crippen LogP contribution in [-0.4, -0.2) is 29.9 Å². The lowest BCUT2D eigenvalue weighted by molar-refractivity contribution is 0.0821. The van der Waals surface area contributed by atoms with Gasteiger partial charge in [0.05, 0.1) is 0 Å². The number of pyridine rings is 1. The number of aromatic nitrogens is 1. The Bertz CT molecular complexity index is 346. The van der Waals surface area contributed by atoms with Gasteiger partial charge in [-0.15, -0.1) is 0 Å². The highest BCUT2D eigenvalue weighted by molar-refractivity contribution is 5.91. The maximum atomic E-state index is 11.6. The van der Waals surface area contributed by atoms with Gasteiger partial charge < -0.3 is 4.90 Å². The quantitative estimate of drug-likeness (QED) is 0.808. The van der Waals surface area contributed by atoms with Crippen molar-refractivity contribution in [3.63, 3.8) is 0 Å². The highest BCUT2D eigenvalue weighted by atomic mass is 16.2. The lowest BCUT2D eigenvalue weighted by atomic mass is 10.1. The largest absolute Gasteiger partial charge is 0.343 e. The van der Waals surface area contributed by atoms with Crippen LogP contribution in [0.25, 0.3) is 0 Å². The lowest BCUT2D eigenvalue weighted by Crippen LogP contribution is -2.23. The second-order valence-electron chi connectivity index (χ2n) is 4.31. The first-order valence-electron chi connectivity index (χ1n) is 6.18. The maximum Gasteiger partial charge on any atom is 0.271 e. The van der Waals surface area contributed by atoms with Crippen LogP contribution in [0.5, 0.6) is 0 Å². The topological polar surface area (TPSA) is 33.2 Å². The summed E-state index contributed by atoms with van der Waals surface area (Å²) in [4.78, 5) is 17.5. The second-order valence-corrected chi connectivity index (χ2v) is 4.31. The van der Waals surface area contributed by atoms with Crippen molar-refractivity contribution in [3.8, 4) is 0 Å². The molecule has 3 nitrogen and oxygen atoms in total. The van der Waals surface area contributed by atoms with Crippen LogP contribution >= 0.6 is 0 Å². The summed E-state index contributed by atoms with van der Waals surface area (Å²) in [6, 6.07) is 5.61. The van der Waals surface area contributed by atoms with Crippen molar-refractivity contribution >= 4 is 5.91 Å². The molecule has 0 spiro atoms. The van der Waals surface area contributed by atoms with E-state index < -0.39 is 0 Å². The van der Waals surface area contributed by atoms with E-state index in [2.05, 4.69) is 18.8 Å². The molecule has 1 aromatic rings. The molecule has 0 unspecified atom stereocenters. The maximum absolute atomic E-state index is 11.6.